The van der Waals surface area contributed by atoms with Crippen molar-refractivity contribution >= 4 is 5.91 Å². The summed E-state index contributed by atoms with van der Waals surface area (Å²) in [4.78, 5) is 11.6. The molecule has 0 bridgehead atoms. The zero-order valence-corrected chi connectivity index (χ0v) is 16.7. The molecule has 0 fully saturated rings. The van der Waals surface area contributed by atoms with Crippen molar-refractivity contribution in [1.82, 2.24) is 25.6 Å². The number of unbranched alkanes of at least 4 members (excludes halogenated alkanes) is 1. The first kappa shape index (κ1) is 22.5. The Balaban J connectivity index is 2.02. The van der Waals surface area contributed by atoms with Crippen LogP contribution in [0.1, 0.15) is 52.7 Å². The fraction of sp³-hybridized carbons (Fsp3) is 0.833. The average Bonchev–Trinajstić information content (AvgIpc) is 3.01. The first-order valence-corrected chi connectivity index (χ1v) is 9.54. The maximum Gasteiger partial charge on any atom is 0.220 e. The molecule has 0 saturated heterocycles. The van der Waals surface area contributed by atoms with Crippen LogP contribution in [0, 0.1) is 0 Å². The van der Waals surface area contributed by atoms with Crippen LogP contribution in [0.5, 0.6) is 0 Å². The molecule has 2 N–H and O–H groups in total. The van der Waals surface area contributed by atoms with Gasteiger partial charge in [0.2, 0.25) is 5.91 Å². The number of rotatable bonds is 15. The third kappa shape index (κ3) is 11.9. The first-order chi connectivity index (χ1) is 12.5. The predicted octanol–water partition coefficient (Wildman–Crippen LogP) is 1.50. The van der Waals surface area contributed by atoms with Gasteiger partial charge in [0, 0.05) is 31.6 Å². The normalized spacial score (nSPS) is 11.5. The van der Waals surface area contributed by atoms with Crippen LogP contribution in [0.15, 0.2) is 6.20 Å². The SMILES string of the molecule is CC(C)NCCOCCOCc1cn(CCCCC(=O)NC(C)C)nn1. The van der Waals surface area contributed by atoms with Crippen molar-refractivity contribution in [2.24, 2.45) is 0 Å². The van der Waals surface area contributed by atoms with Gasteiger partial charge in [-0.1, -0.05) is 19.1 Å². The lowest BCUT2D eigenvalue weighted by Gasteiger charge is -2.08. The molecule has 8 heteroatoms. The molecule has 1 aromatic heterocycles. The molecular weight excluding hydrogens is 334 g/mol. The maximum absolute atomic E-state index is 11.6. The summed E-state index contributed by atoms with van der Waals surface area (Å²) in [6, 6.07) is 0.678. The van der Waals surface area contributed by atoms with E-state index in [1.807, 2.05) is 20.0 Å². The Morgan fingerprint density at radius 2 is 1.88 bits per heavy atom. The third-order valence-corrected chi connectivity index (χ3v) is 3.50. The van der Waals surface area contributed by atoms with Gasteiger partial charge < -0.3 is 20.1 Å². The fourth-order valence-corrected chi connectivity index (χ4v) is 2.28. The minimum Gasteiger partial charge on any atom is -0.378 e. The van der Waals surface area contributed by atoms with Crippen LogP contribution in [0.4, 0.5) is 0 Å². The second kappa shape index (κ2) is 13.7. The van der Waals surface area contributed by atoms with Gasteiger partial charge in [-0.05, 0) is 26.7 Å². The highest BCUT2D eigenvalue weighted by atomic mass is 16.5. The number of ether oxygens (including phenoxy) is 2. The molecule has 0 radical (unpaired) electrons. The Kier molecular flexibility index (Phi) is 11.8. The lowest BCUT2D eigenvalue weighted by Crippen LogP contribution is -2.29. The monoisotopic (exact) mass is 369 g/mol. The number of carbonyl (C=O) groups is 1. The van der Waals surface area contributed by atoms with E-state index in [0.717, 1.165) is 31.6 Å². The summed E-state index contributed by atoms with van der Waals surface area (Å²) >= 11 is 0. The van der Waals surface area contributed by atoms with Crippen molar-refractivity contribution in [3.63, 3.8) is 0 Å². The van der Waals surface area contributed by atoms with E-state index in [0.29, 0.717) is 38.9 Å². The van der Waals surface area contributed by atoms with Gasteiger partial charge in [-0.25, -0.2) is 0 Å². The van der Waals surface area contributed by atoms with Gasteiger partial charge >= 0.3 is 0 Å². The van der Waals surface area contributed by atoms with E-state index in [9.17, 15) is 4.79 Å². The van der Waals surface area contributed by atoms with E-state index in [4.69, 9.17) is 9.47 Å². The van der Waals surface area contributed by atoms with Crippen LogP contribution in [-0.4, -0.2) is 59.4 Å². The van der Waals surface area contributed by atoms with Crippen LogP contribution in [0.3, 0.4) is 0 Å². The quantitative estimate of drug-likeness (QED) is 0.456. The number of hydrogen-bond donors (Lipinski definition) is 2. The summed E-state index contributed by atoms with van der Waals surface area (Å²) in [5, 5.41) is 14.4. The Hall–Kier alpha value is -1.51. The zero-order valence-electron chi connectivity index (χ0n) is 16.7. The van der Waals surface area contributed by atoms with Crippen molar-refractivity contribution in [1.29, 1.82) is 0 Å². The van der Waals surface area contributed by atoms with Crippen molar-refractivity contribution in [3.05, 3.63) is 11.9 Å². The predicted molar refractivity (Wildman–Crippen MR) is 101 cm³/mol. The van der Waals surface area contributed by atoms with E-state index in [-0.39, 0.29) is 11.9 Å². The van der Waals surface area contributed by atoms with Gasteiger partial charge in [0.1, 0.15) is 5.69 Å². The Morgan fingerprint density at radius 3 is 2.62 bits per heavy atom. The Labute approximate surface area is 157 Å². The molecule has 0 aliphatic carbocycles. The highest BCUT2D eigenvalue weighted by molar-refractivity contribution is 5.76. The lowest BCUT2D eigenvalue weighted by molar-refractivity contribution is -0.121. The average molecular weight is 370 g/mol. The lowest BCUT2D eigenvalue weighted by atomic mass is 10.2. The summed E-state index contributed by atoms with van der Waals surface area (Å²) in [6.45, 7) is 12.0. The van der Waals surface area contributed by atoms with E-state index < -0.39 is 0 Å². The molecule has 1 rings (SSSR count). The molecule has 0 atom stereocenters. The third-order valence-electron chi connectivity index (χ3n) is 3.50. The molecule has 8 nitrogen and oxygen atoms in total. The van der Waals surface area contributed by atoms with Crippen molar-refractivity contribution in [3.8, 4) is 0 Å². The molecule has 0 aliphatic rings. The molecule has 0 unspecified atom stereocenters. The van der Waals surface area contributed by atoms with Crippen LogP contribution in [-0.2, 0) is 27.4 Å². The number of aromatic nitrogens is 3. The van der Waals surface area contributed by atoms with E-state index in [2.05, 4.69) is 34.8 Å². The highest BCUT2D eigenvalue weighted by Gasteiger charge is 2.04. The molecule has 0 spiro atoms. The molecule has 0 aromatic carbocycles. The molecule has 0 aliphatic heterocycles. The summed E-state index contributed by atoms with van der Waals surface area (Å²) in [5.41, 5.74) is 0.809. The van der Waals surface area contributed by atoms with Crippen LogP contribution >= 0.6 is 0 Å². The second-order valence-corrected chi connectivity index (χ2v) is 6.93. The minimum absolute atomic E-state index is 0.106. The van der Waals surface area contributed by atoms with E-state index >= 15 is 0 Å². The fourth-order valence-electron chi connectivity index (χ4n) is 2.28. The number of amides is 1. The van der Waals surface area contributed by atoms with E-state index in [1.165, 1.54) is 0 Å². The first-order valence-electron chi connectivity index (χ1n) is 9.54. The van der Waals surface area contributed by atoms with Gasteiger partial charge in [0.05, 0.1) is 32.6 Å². The standard InChI is InChI=1S/C18H35N5O3/c1-15(2)19-8-10-25-11-12-26-14-17-13-23(22-21-17)9-6-5-7-18(24)20-16(3)4/h13,15-16,19H,5-12,14H2,1-4H3,(H,20,24). The summed E-state index contributed by atoms with van der Waals surface area (Å²) in [6.07, 6.45) is 4.18. The highest BCUT2D eigenvalue weighted by Crippen LogP contribution is 2.01. The molecule has 0 saturated carbocycles. The van der Waals surface area contributed by atoms with Gasteiger partial charge in [0.15, 0.2) is 0 Å². The number of nitrogens with one attached hydrogen (secondary N) is 2. The Morgan fingerprint density at radius 1 is 1.12 bits per heavy atom. The van der Waals surface area contributed by atoms with Crippen LogP contribution < -0.4 is 10.6 Å². The van der Waals surface area contributed by atoms with Gasteiger partial charge in [0.25, 0.3) is 0 Å². The molecule has 1 heterocycles. The molecule has 26 heavy (non-hydrogen) atoms. The molecule has 1 amide bonds. The smallest absolute Gasteiger partial charge is 0.220 e. The number of hydrogen-bond acceptors (Lipinski definition) is 6. The van der Waals surface area contributed by atoms with Crippen molar-refractivity contribution < 1.29 is 14.3 Å². The van der Waals surface area contributed by atoms with E-state index in [1.54, 1.807) is 4.68 Å². The second-order valence-electron chi connectivity index (χ2n) is 6.93. The van der Waals surface area contributed by atoms with Gasteiger partial charge in [-0.15, -0.1) is 5.10 Å². The summed E-state index contributed by atoms with van der Waals surface area (Å²) in [7, 11) is 0. The molecule has 1 aromatic rings. The summed E-state index contributed by atoms with van der Waals surface area (Å²) < 4.78 is 12.8. The molecule has 150 valence electrons. The van der Waals surface area contributed by atoms with Crippen molar-refractivity contribution in [2.75, 3.05) is 26.4 Å². The van der Waals surface area contributed by atoms with Crippen LogP contribution in [0.2, 0.25) is 0 Å². The summed E-state index contributed by atoms with van der Waals surface area (Å²) in [5.74, 6) is 0.106. The minimum atomic E-state index is 0.106. The van der Waals surface area contributed by atoms with Gasteiger partial charge in [-0.3, -0.25) is 9.48 Å². The van der Waals surface area contributed by atoms with Gasteiger partial charge in [-0.2, -0.15) is 0 Å². The van der Waals surface area contributed by atoms with Crippen LogP contribution in [0.25, 0.3) is 0 Å². The largest absolute Gasteiger partial charge is 0.378 e. The number of carbonyl (C=O) groups excluding carboxylic acids is 1. The number of aryl methyl sites for hydroxylation is 1. The topological polar surface area (TPSA) is 90.3 Å². The maximum atomic E-state index is 11.6. The Bertz CT molecular complexity index is 491. The van der Waals surface area contributed by atoms with Crippen molar-refractivity contribution in [2.45, 2.75) is 72.2 Å². The molecular formula is C18H35N5O3. The zero-order chi connectivity index (χ0) is 19.2. The number of nitrogens with zero attached hydrogens (tertiary/aromatic N) is 3.